The molecule has 2 heterocycles. The lowest BCUT2D eigenvalue weighted by Crippen LogP contribution is -2.57. The van der Waals surface area contributed by atoms with Crippen molar-refractivity contribution in [2.24, 2.45) is 5.92 Å². The van der Waals surface area contributed by atoms with E-state index in [1.165, 1.54) is 19.3 Å². The molecule has 2 fully saturated rings. The third-order valence-corrected chi connectivity index (χ3v) is 5.49. The van der Waals surface area contributed by atoms with Crippen molar-refractivity contribution in [3.05, 3.63) is 24.3 Å². The van der Waals surface area contributed by atoms with Crippen molar-refractivity contribution in [1.29, 1.82) is 0 Å². The van der Waals surface area contributed by atoms with Gasteiger partial charge < -0.3 is 20.0 Å². The number of hydrogen-bond donors (Lipinski definition) is 1. The average molecular weight is 345 g/mol. The van der Waals surface area contributed by atoms with Crippen LogP contribution in [0.2, 0.25) is 0 Å². The number of para-hydroxylation sites is 2. The molecule has 2 aliphatic heterocycles. The molecule has 0 saturated carbocycles. The van der Waals surface area contributed by atoms with Gasteiger partial charge in [0.25, 0.3) is 0 Å². The van der Waals surface area contributed by atoms with Crippen LogP contribution in [0.4, 0.5) is 16.2 Å². The Hall–Kier alpha value is -1.75. The Balaban J connectivity index is 1.74. The molecule has 0 aromatic heterocycles. The molecule has 25 heavy (non-hydrogen) atoms. The maximum Gasteiger partial charge on any atom is 0.322 e. The van der Waals surface area contributed by atoms with E-state index in [2.05, 4.69) is 48.1 Å². The minimum atomic E-state index is 0.0382. The Morgan fingerprint density at radius 2 is 1.80 bits per heavy atom. The molecular formula is C20H32N4O. The van der Waals surface area contributed by atoms with Crippen LogP contribution in [0.25, 0.3) is 0 Å². The number of urea groups is 1. The highest BCUT2D eigenvalue weighted by Gasteiger charge is 2.31. The lowest BCUT2D eigenvalue weighted by Gasteiger charge is -2.42. The van der Waals surface area contributed by atoms with E-state index in [1.54, 1.807) is 0 Å². The van der Waals surface area contributed by atoms with Crippen molar-refractivity contribution in [1.82, 2.24) is 9.80 Å². The van der Waals surface area contributed by atoms with E-state index >= 15 is 0 Å². The number of likely N-dealkylation sites (N-methyl/N-ethyl adjacent to an activating group) is 1. The third kappa shape index (κ3) is 4.27. The fourth-order valence-corrected chi connectivity index (χ4v) is 3.95. The SMILES string of the molecule is CC(C)[C@@H]1CN(C)CCN1C(=O)Nc1ccccc1N1CCCCC1. The first-order chi connectivity index (χ1) is 12.1. The number of nitrogens with zero attached hydrogens (tertiary/aromatic N) is 3. The molecule has 1 aromatic carbocycles. The average Bonchev–Trinajstić information content (AvgIpc) is 2.62. The molecule has 138 valence electrons. The van der Waals surface area contributed by atoms with E-state index in [0.29, 0.717) is 5.92 Å². The van der Waals surface area contributed by atoms with Gasteiger partial charge in [-0.1, -0.05) is 26.0 Å². The Bertz CT molecular complexity index is 583. The zero-order valence-electron chi connectivity index (χ0n) is 15.9. The van der Waals surface area contributed by atoms with Crippen LogP contribution in [0.15, 0.2) is 24.3 Å². The molecule has 0 aliphatic carbocycles. The van der Waals surface area contributed by atoms with E-state index < -0.39 is 0 Å². The minimum Gasteiger partial charge on any atom is -0.370 e. The lowest BCUT2D eigenvalue weighted by molar-refractivity contribution is 0.0922. The molecule has 2 saturated heterocycles. The monoisotopic (exact) mass is 344 g/mol. The van der Waals surface area contributed by atoms with Gasteiger partial charge in [0.1, 0.15) is 0 Å². The molecule has 5 heteroatoms. The molecule has 2 aliphatic rings. The van der Waals surface area contributed by atoms with Gasteiger partial charge in [-0.05, 0) is 44.4 Å². The van der Waals surface area contributed by atoms with E-state index in [9.17, 15) is 4.79 Å². The van der Waals surface area contributed by atoms with Gasteiger partial charge in [-0.2, -0.15) is 0 Å². The summed E-state index contributed by atoms with van der Waals surface area (Å²) in [7, 11) is 2.14. The van der Waals surface area contributed by atoms with Crippen LogP contribution in [0.5, 0.6) is 0 Å². The van der Waals surface area contributed by atoms with Crippen LogP contribution in [-0.2, 0) is 0 Å². The third-order valence-electron chi connectivity index (χ3n) is 5.49. The molecule has 1 atom stereocenters. The summed E-state index contributed by atoms with van der Waals surface area (Å²) >= 11 is 0. The fraction of sp³-hybridized carbons (Fsp3) is 0.650. The van der Waals surface area contributed by atoms with Crippen LogP contribution < -0.4 is 10.2 Å². The van der Waals surface area contributed by atoms with E-state index in [4.69, 9.17) is 0 Å². The summed E-state index contributed by atoms with van der Waals surface area (Å²) in [5.74, 6) is 0.450. The molecule has 5 nitrogen and oxygen atoms in total. The smallest absolute Gasteiger partial charge is 0.322 e. The lowest BCUT2D eigenvalue weighted by atomic mass is 10.0. The highest BCUT2D eigenvalue weighted by molar-refractivity contribution is 5.93. The first-order valence-corrected chi connectivity index (χ1v) is 9.66. The van der Waals surface area contributed by atoms with E-state index in [1.807, 2.05) is 17.0 Å². The predicted octanol–water partition coefficient (Wildman–Crippen LogP) is 3.48. The van der Waals surface area contributed by atoms with Crippen LogP contribution in [0.3, 0.4) is 0 Å². The van der Waals surface area contributed by atoms with Gasteiger partial charge in [0.15, 0.2) is 0 Å². The van der Waals surface area contributed by atoms with Crippen molar-refractivity contribution in [2.45, 2.75) is 39.2 Å². The summed E-state index contributed by atoms with van der Waals surface area (Å²) in [5.41, 5.74) is 2.10. The predicted molar refractivity (Wildman–Crippen MR) is 104 cm³/mol. The second kappa shape index (κ2) is 8.09. The van der Waals surface area contributed by atoms with Gasteiger partial charge in [0.05, 0.1) is 11.4 Å². The Kier molecular flexibility index (Phi) is 5.84. The van der Waals surface area contributed by atoms with Crippen molar-refractivity contribution in [3.63, 3.8) is 0 Å². The Labute approximate surface area is 152 Å². The molecule has 2 amide bonds. The standard InChI is InChI=1S/C20H32N4O/c1-16(2)19-15-22(3)13-14-24(19)20(25)21-17-9-5-6-10-18(17)23-11-7-4-8-12-23/h5-6,9-10,16,19H,4,7-8,11-15H2,1-3H3,(H,21,25)/t19-/m0/s1. The first-order valence-electron chi connectivity index (χ1n) is 9.66. The molecule has 0 radical (unpaired) electrons. The Morgan fingerprint density at radius 1 is 1.08 bits per heavy atom. The van der Waals surface area contributed by atoms with Gasteiger partial charge in [-0.25, -0.2) is 4.79 Å². The molecule has 0 spiro atoms. The topological polar surface area (TPSA) is 38.8 Å². The van der Waals surface area contributed by atoms with Gasteiger partial charge in [0.2, 0.25) is 0 Å². The van der Waals surface area contributed by atoms with Gasteiger partial charge in [-0.15, -0.1) is 0 Å². The number of benzene rings is 1. The van der Waals surface area contributed by atoms with Crippen molar-refractivity contribution < 1.29 is 4.79 Å². The van der Waals surface area contributed by atoms with Gasteiger partial charge >= 0.3 is 6.03 Å². The summed E-state index contributed by atoms with van der Waals surface area (Å²) in [6.45, 7) is 9.23. The number of piperidine rings is 1. The second-order valence-corrected chi connectivity index (χ2v) is 7.76. The minimum absolute atomic E-state index is 0.0382. The van der Waals surface area contributed by atoms with Crippen LogP contribution >= 0.6 is 0 Å². The second-order valence-electron chi connectivity index (χ2n) is 7.76. The number of amides is 2. The van der Waals surface area contributed by atoms with Crippen molar-refractivity contribution in [2.75, 3.05) is 50.0 Å². The number of hydrogen-bond acceptors (Lipinski definition) is 3. The number of piperazine rings is 1. The van der Waals surface area contributed by atoms with Crippen LogP contribution in [0, 0.1) is 5.92 Å². The maximum absolute atomic E-state index is 13.0. The van der Waals surface area contributed by atoms with E-state index in [0.717, 1.165) is 44.1 Å². The largest absolute Gasteiger partial charge is 0.370 e. The number of rotatable bonds is 3. The van der Waals surface area contributed by atoms with Crippen LogP contribution in [0.1, 0.15) is 33.1 Å². The zero-order valence-corrected chi connectivity index (χ0v) is 15.9. The van der Waals surface area contributed by atoms with E-state index in [-0.39, 0.29) is 12.1 Å². The highest BCUT2D eigenvalue weighted by Crippen LogP contribution is 2.29. The summed E-state index contributed by atoms with van der Waals surface area (Å²) in [4.78, 5) is 19.7. The molecule has 0 unspecified atom stereocenters. The summed E-state index contributed by atoms with van der Waals surface area (Å²) < 4.78 is 0. The molecule has 0 bridgehead atoms. The number of nitrogens with one attached hydrogen (secondary N) is 1. The van der Waals surface area contributed by atoms with Gasteiger partial charge in [0, 0.05) is 38.8 Å². The first kappa shape index (κ1) is 18.1. The van der Waals surface area contributed by atoms with Crippen LogP contribution in [-0.4, -0.2) is 61.6 Å². The van der Waals surface area contributed by atoms with Crippen molar-refractivity contribution >= 4 is 17.4 Å². The van der Waals surface area contributed by atoms with Gasteiger partial charge in [-0.3, -0.25) is 0 Å². The summed E-state index contributed by atoms with van der Waals surface area (Å²) in [6.07, 6.45) is 3.77. The number of anilines is 2. The number of carbonyl (C=O) groups is 1. The summed E-state index contributed by atoms with van der Waals surface area (Å²) in [6, 6.07) is 8.53. The quantitative estimate of drug-likeness (QED) is 0.912. The zero-order chi connectivity index (χ0) is 17.8. The Morgan fingerprint density at radius 3 is 2.52 bits per heavy atom. The fourth-order valence-electron chi connectivity index (χ4n) is 3.95. The molecule has 3 rings (SSSR count). The number of carbonyl (C=O) groups excluding carboxylic acids is 1. The molecule has 1 N–H and O–H groups in total. The maximum atomic E-state index is 13.0. The molecule has 1 aromatic rings. The summed E-state index contributed by atoms with van der Waals surface area (Å²) in [5, 5.41) is 3.20. The van der Waals surface area contributed by atoms with Crippen molar-refractivity contribution in [3.8, 4) is 0 Å². The molecular weight excluding hydrogens is 312 g/mol. The highest BCUT2D eigenvalue weighted by atomic mass is 16.2. The normalized spacial score (nSPS) is 22.3.